The van der Waals surface area contributed by atoms with Crippen molar-refractivity contribution in [3.8, 4) is 5.75 Å². The van der Waals surface area contributed by atoms with Crippen LogP contribution in [-0.2, 0) is 0 Å². The highest BCUT2D eigenvalue weighted by Crippen LogP contribution is 2.28. The van der Waals surface area contributed by atoms with E-state index in [1.54, 1.807) is 37.3 Å². The molecule has 4 heteroatoms. The first-order valence-corrected chi connectivity index (χ1v) is 9.92. The minimum atomic E-state index is -0.362. The van der Waals surface area contributed by atoms with Crippen molar-refractivity contribution in [2.45, 2.75) is 58.9 Å². The molecule has 0 radical (unpaired) electrons. The molecule has 0 amide bonds. The summed E-state index contributed by atoms with van der Waals surface area (Å²) in [6.07, 6.45) is 10.9. The van der Waals surface area contributed by atoms with E-state index in [0.29, 0.717) is 28.6 Å². The molecule has 1 aromatic carbocycles. The number of phenolic OH excluding ortho intramolecular Hbond substituents is 1. The van der Waals surface area contributed by atoms with E-state index in [1.165, 1.54) is 25.3 Å². The largest absolute Gasteiger partial charge is 0.508 e. The summed E-state index contributed by atoms with van der Waals surface area (Å²) in [5.74, 6) is -0.244. The Hall–Kier alpha value is -2.62. The van der Waals surface area contributed by atoms with Gasteiger partial charge in [0.15, 0.2) is 0 Å². The van der Waals surface area contributed by atoms with Crippen LogP contribution >= 0.6 is 0 Å². The zero-order valence-corrected chi connectivity index (χ0v) is 17.1. The standard InChI is InChI=1S/C24H31FN2O/c1-5-6-15-23(25)17(2)24(20-11-10-14-22(28)16-20)27-19(4)18(3)26-21-12-8-7-9-13-21/h5-6,10-11,14-16,21,26,28H,3,7-9,12-13H2,1-2,4H3/b6-5-,23-15+,24-17+,27-19?. The summed E-state index contributed by atoms with van der Waals surface area (Å²) >= 11 is 0. The first kappa shape index (κ1) is 21.7. The van der Waals surface area contributed by atoms with Gasteiger partial charge in [-0.05, 0) is 51.8 Å². The van der Waals surface area contributed by atoms with Crippen LogP contribution in [0.5, 0.6) is 5.75 Å². The predicted molar refractivity (Wildman–Crippen MR) is 117 cm³/mol. The van der Waals surface area contributed by atoms with Crippen molar-refractivity contribution in [3.05, 3.63) is 71.7 Å². The molecule has 0 atom stereocenters. The molecule has 1 fully saturated rings. The van der Waals surface area contributed by atoms with E-state index in [-0.39, 0.29) is 11.6 Å². The van der Waals surface area contributed by atoms with Crippen LogP contribution in [0.25, 0.3) is 5.70 Å². The lowest BCUT2D eigenvalue weighted by Gasteiger charge is -2.25. The number of aliphatic imine (C=N–C) groups is 1. The van der Waals surface area contributed by atoms with E-state index in [0.717, 1.165) is 18.5 Å². The summed E-state index contributed by atoms with van der Waals surface area (Å²) in [6.45, 7) is 9.54. The van der Waals surface area contributed by atoms with Crippen LogP contribution in [-0.4, -0.2) is 16.9 Å². The zero-order valence-electron chi connectivity index (χ0n) is 17.1. The monoisotopic (exact) mass is 382 g/mol. The summed E-state index contributed by atoms with van der Waals surface area (Å²) in [6, 6.07) is 7.14. The Labute approximate surface area is 168 Å². The van der Waals surface area contributed by atoms with Crippen LogP contribution in [0.1, 0.15) is 58.4 Å². The molecule has 3 nitrogen and oxygen atoms in total. The highest BCUT2D eigenvalue weighted by atomic mass is 19.1. The lowest BCUT2D eigenvalue weighted by Crippen LogP contribution is -2.32. The first-order valence-electron chi connectivity index (χ1n) is 9.92. The molecule has 0 bridgehead atoms. The zero-order chi connectivity index (χ0) is 20.5. The second kappa shape index (κ2) is 10.6. The molecule has 150 valence electrons. The predicted octanol–water partition coefficient (Wildman–Crippen LogP) is 6.45. The quantitative estimate of drug-likeness (QED) is 0.420. The molecule has 0 aliphatic heterocycles. The summed E-state index contributed by atoms with van der Waals surface area (Å²) < 4.78 is 14.6. The van der Waals surface area contributed by atoms with E-state index >= 15 is 0 Å². The van der Waals surface area contributed by atoms with Crippen molar-refractivity contribution < 1.29 is 9.50 Å². The molecule has 1 aliphatic rings. The third-order valence-electron chi connectivity index (χ3n) is 4.97. The van der Waals surface area contributed by atoms with Gasteiger partial charge in [0.2, 0.25) is 0 Å². The van der Waals surface area contributed by atoms with Crippen molar-refractivity contribution in [2.24, 2.45) is 4.99 Å². The van der Waals surface area contributed by atoms with Gasteiger partial charge in [-0.3, -0.25) is 4.99 Å². The summed E-state index contributed by atoms with van der Waals surface area (Å²) in [4.78, 5) is 4.70. The Bertz CT molecular complexity index is 812. The van der Waals surface area contributed by atoms with Crippen LogP contribution in [0.15, 0.2) is 71.2 Å². The van der Waals surface area contributed by atoms with Gasteiger partial charge in [-0.1, -0.05) is 50.1 Å². The van der Waals surface area contributed by atoms with Crippen molar-refractivity contribution >= 4 is 11.4 Å². The van der Waals surface area contributed by atoms with Crippen molar-refractivity contribution in [1.29, 1.82) is 0 Å². The highest BCUT2D eigenvalue weighted by Gasteiger charge is 2.15. The maximum Gasteiger partial charge on any atom is 0.128 e. The van der Waals surface area contributed by atoms with E-state index in [1.807, 2.05) is 19.9 Å². The number of nitrogens with zero attached hydrogens (tertiary/aromatic N) is 1. The van der Waals surface area contributed by atoms with Crippen molar-refractivity contribution in [3.63, 3.8) is 0 Å². The number of nitrogens with one attached hydrogen (secondary N) is 1. The summed E-state index contributed by atoms with van der Waals surface area (Å²) in [5.41, 5.74) is 3.02. The van der Waals surface area contributed by atoms with Gasteiger partial charge < -0.3 is 10.4 Å². The van der Waals surface area contributed by atoms with Crippen LogP contribution in [0, 0.1) is 0 Å². The topological polar surface area (TPSA) is 44.6 Å². The number of hydrogen-bond acceptors (Lipinski definition) is 3. The van der Waals surface area contributed by atoms with Gasteiger partial charge in [-0.25, -0.2) is 4.39 Å². The minimum absolute atomic E-state index is 0.118. The van der Waals surface area contributed by atoms with Gasteiger partial charge in [0.05, 0.1) is 11.4 Å². The fraction of sp³-hybridized carbons (Fsp3) is 0.375. The molecule has 1 aromatic rings. The van der Waals surface area contributed by atoms with Crippen molar-refractivity contribution in [2.75, 3.05) is 0 Å². The molecule has 0 unspecified atom stereocenters. The fourth-order valence-corrected chi connectivity index (χ4v) is 3.27. The molecule has 0 saturated heterocycles. The van der Waals surface area contributed by atoms with E-state index in [4.69, 9.17) is 4.99 Å². The Morgan fingerprint density at radius 2 is 1.96 bits per heavy atom. The van der Waals surface area contributed by atoms with Gasteiger partial charge in [-0.2, -0.15) is 0 Å². The van der Waals surface area contributed by atoms with Gasteiger partial charge in [0, 0.05) is 22.9 Å². The molecule has 2 N–H and O–H groups in total. The molecule has 28 heavy (non-hydrogen) atoms. The molecule has 0 heterocycles. The fourth-order valence-electron chi connectivity index (χ4n) is 3.27. The van der Waals surface area contributed by atoms with Crippen LogP contribution in [0.2, 0.25) is 0 Å². The smallest absolute Gasteiger partial charge is 0.128 e. The molecule has 1 saturated carbocycles. The van der Waals surface area contributed by atoms with Crippen LogP contribution in [0.4, 0.5) is 4.39 Å². The van der Waals surface area contributed by atoms with Crippen LogP contribution in [0.3, 0.4) is 0 Å². The highest BCUT2D eigenvalue weighted by molar-refractivity contribution is 6.00. The van der Waals surface area contributed by atoms with E-state index in [2.05, 4.69) is 11.9 Å². The van der Waals surface area contributed by atoms with Crippen LogP contribution < -0.4 is 5.32 Å². The third kappa shape index (κ3) is 6.22. The Morgan fingerprint density at radius 1 is 1.25 bits per heavy atom. The van der Waals surface area contributed by atoms with E-state index in [9.17, 15) is 9.50 Å². The first-order chi connectivity index (χ1) is 13.4. The lowest BCUT2D eigenvalue weighted by atomic mass is 9.95. The maximum absolute atomic E-state index is 14.6. The SMILES string of the molecule is C=C(NC1CCCCC1)C(C)=N/C(=C(C)/C(F)=C\C=C/C)c1cccc(O)c1. The Kier molecular flexibility index (Phi) is 8.24. The number of allylic oxidation sites excluding steroid dienone is 6. The normalized spacial score (nSPS) is 17.6. The minimum Gasteiger partial charge on any atom is -0.508 e. The Morgan fingerprint density at radius 3 is 2.61 bits per heavy atom. The van der Waals surface area contributed by atoms with Gasteiger partial charge >= 0.3 is 0 Å². The molecule has 0 aromatic heterocycles. The third-order valence-corrected chi connectivity index (χ3v) is 4.97. The molecular formula is C24H31FN2O. The second-order valence-corrected chi connectivity index (χ2v) is 7.22. The van der Waals surface area contributed by atoms with Gasteiger partial charge in [0.25, 0.3) is 0 Å². The molecule has 1 aliphatic carbocycles. The molecule has 2 rings (SSSR count). The maximum atomic E-state index is 14.6. The van der Waals surface area contributed by atoms with E-state index < -0.39 is 0 Å². The summed E-state index contributed by atoms with van der Waals surface area (Å²) in [5, 5.41) is 13.3. The average molecular weight is 383 g/mol. The number of phenols is 1. The Balaban J connectivity index is 2.37. The number of aromatic hydroxyl groups is 1. The molecular weight excluding hydrogens is 351 g/mol. The molecule has 0 spiro atoms. The number of benzene rings is 1. The summed E-state index contributed by atoms with van der Waals surface area (Å²) in [7, 11) is 0. The van der Waals surface area contributed by atoms with Crippen molar-refractivity contribution in [1.82, 2.24) is 5.32 Å². The van der Waals surface area contributed by atoms with Gasteiger partial charge in [0.1, 0.15) is 11.6 Å². The second-order valence-electron chi connectivity index (χ2n) is 7.22. The van der Waals surface area contributed by atoms with Gasteiger partial charge in [-0.15, -0.1) is 0 Å². The number of hydrogen-bond donors (Lipinski definition) is 2. The number of halogens is 1. The lowest BCUT2D eigenvalue weighted by molar-refractivity contribution is 0.401. The average Bonchev–Trinajstić information content (AvgIpc) is 2.70. The number of rotatable bonds is 7.